The van der Waals surface area contributed by atoms with Crippen molar-refractivity contribution in [2.45, 2.75) is 13.5 Å². The number of carbonyl (C=O) groups is 1. The third-order valence-electron chi connectivity index (χ3n) is 5.68. The van der Waals surface area contributed by atoms with Crippen LogP contribution in [0.2, 0.25) is 0 Å². The summed E-state index contributed by atoms with van der Waals surface area (Å²) in [5.74, 6) is 1.25. The van der Waals surface area contributed by atoms with Gasteiger partial charge in [0.2, 0.25) is 11.7 Å². The number of aromatic nitrogens is 4. The van der Waals surface area contributed by atoms with Gasteiger partial charge in [-0.3, -0.25) is 9.69 Å². The Morgan fingerprint density at radius 2 is 1.75 bits per heavy atom. The highest BCUT2D eigenvalue weighted by atomic mass is 16.5. The van der Waals surface area contributed by atoms with Gasteiger partial charge in [-0.15, -0.1) is 0 Å². The van der Waals surface area contributed by atoms with E-state index in [0.29, 0.717) is 36.9 Å². The molecule has 162 valence electrons. The predicted molar refractivity (Wildman–Crippen MR) is 119 cm³/mol. The minimum Gasteiger partial charge on any atom is -0.338 e. The zero-order valence-electron chi connectivity index (χ0n) is 17.9. The summed E-state index contributed by atoms with van der Waals surface area (Å²) in [4.78, 5) is 21.5. The van der Waals surface area contributed by atoms with Gasteiger partial charge >= 0.3 is 0 Å². The molecule has 0 aliphatic carbocycles. The zero-order chi connectivity index (χ0) is 21.9. The van der Waals surface area contributed by atoms with E-state index in [1.807, 2.05) is 72.6 Å². The van der Waals surface area contributed by atoms with Crippen LogP contribution >= 0.6 is 0 Å². The van der Waals surface area contributed by atoms with Crippen LogP contribution in [-0.2, 0) is 6.54 Å². The van der Waals surface area contributed by atoms with E-state index in [2.05, 4.69) is 20.1 Å². The molecule has 8 nitrogen and oxygen atoms in total. The van der Waals surface area contributed by atoms with E-state index >= 15 is 0 Å². The Hall–Kier alpha value is -3.78. The molecule has 1 aliphatic rings. The lowest BCUT2D eigenvalue weighted by Crippen LogP contribution is -2.48. The van der Waals surface area contributed by atoms with Crippen molar-refractivity contribution in [1.29, 1.82) is 0 Å². The molecular weight excluding hydrogens is 404 g/mol. The summed E-state index contributed by atoms with van der Waals surface area (Å²) in [5, 5.41) is 8.32. The van der Waals surface area contributed by atoms with E-state index in [1.165, 1.54) is 5.56 Å². The Morgan fingerprint density at radius 1 is 1.00 bits per heavy atom. The molecule has 0 spiro atoms. The quantitative estimate of drug-likeness (QED) is 0.486. The maximum absolute atomic E-state index is 12.9. The van der Waals surface area contributed by atoms with Crippen molar-refractivity contribution < 1.29 is 9.32 Å². The minimum atomic E-state index is 0.0520. The second-order valence-corrected chi connectivity index (χ2v) is 7.94. The highest BCUT2D eigenvalue weighted by Crippen LogP contribution is 2.18. The summed E-state index contributed by atoms with van der Waals surface area (Å²) < 4.78 is 7.22. The fourth-order valence-electron chi connectivity index (χ4n) is 3.80. The number of nitrogens with zero attached hydrogens (tertiary/aromatic N) is 6. The molecule has 1 amide bonds. The lowest BCUT2D eigenvalue weighted by Gasteiger charge is -2.34. The van der Waals surface area contributed by atoms with Crippen LogP contribution in [0.25, 0.3) is 17.1 Å². The normalized spacial score (nSPS) is 14.6. The van der Waals surface area contributed by atoms with Gasteiger partial charge in [0.1, 0.15) is 0 Å². The van der Waals surface area contributed by atoms with E-state index in [1.54, 1.807) is 10.9 Å². The molecule has 8 heteroatoms. The van der Waals surface area contributed by atoms with Gasteiger partial charge in [-0.05, 0) is 37.3 Å². The van der Waals surface area contributed by atoms with Gasteiger partial charge in [0, 0.05) is 49.7 Å². The van der Waals surface area contributed by atoms with Gasteiger partial charge in [-0.2, -0.15) is 10.1 Å². The summed E-state index contributed by atoms with van der Waals surface area (Å²) >= 11 is 0. The first-order valence-electron chi connectivity index (χ1n) is 10.7. The summed E-state index contributed by atoms with van der Waals surface area (Å²) in [6.07, 6.45) is 3.61. The smallest absolute Gasteiger partial charge is 0.253 e. The van der Waals surface area contributed by atoms with Crippen molar-refractivity contribution in [2.75, 3.05) is 26.2 Å². The Labute approximate surface area is 186 Å². The SMILES string of the molecule is Cc1ccc(-c2noc(CN3CCN(C(=O)c4ccc(-n5cccn5)cc4)CC3)n2)cc1. The Kier molecular flexibility index (Phi) is 5.51. The topological polar surface area (TPSA) is 80.3 Å². The van der Waals surface area contributed by atoms with Crippen LogP contribution in [0.1, 0.15) is 21.8 Å². The molecule has 0 bridgehead atoms. The summed E-state index contributed by atoms with van der Waals surface area (Å²) in [6.45, 7) is 5.49. The van der Waals surface area contributed by atoms with Gasteiger partial charge in [-0.25, -0.2) is 4.68 Å². The second-order valence-electron chi connectivity index (χ2n) is 7.94. The molecule has 32 heavy (non-hydrogen) atoms. The first kappa shape index (κ1) is 20.1. The predicted octanol–water partition coefficient (Wildman–Crippen LogP) is 3.19. The van der Waals surface area contributed by atoms with E-state index in [-0.39, 0.29) is 5.91 Å². The Morgan fingerprint density at radius 3 is 2.44 bits per heavy atom. The van der Waals surface area contributed by atoms with Gasteiger partial charge in [0.25, 0.3) is 5.91 Å². The Balaban J connectivity index is 1.16. The number of benzene rings is 2. The van der Waals surface area contributed by atoms with Gasteiger partial charge in [0.15, 0.2) is 0 Å². The van der Waals surface area contributed by atoms with Crippen molar-refractivity contribution in [3.8, 4) is 17.1 Å². The van der Waals surface area contributed by atoms with Crippen LogP contribution in [0.3, 0.4) is 0 Å². The van der Waals surface area contributed by atoms with Crippen LogP contribution in [0.15, 0.2) is 71.5 Å². The van der Waals surface area contributed by atoms with Crippen LogP contribution < -0.4 is 0 Å². The standard InChI is InChI=1S/C24H24N6O2/c1-18-3-5-19(6-4-18)23-26-22(32-27-23)17-28-13-15-29(16-14-28)24(31)20-7-9-21(10-8-20)30-12-2-11-25-30/h2-12H,13-17H2,1H3. The van der Waals surface area contributed by atoms with Crippen LogP contribution in [0.4, 0.5) is 0 Å². The largest absolute Gasteiger partial charge is 0.338 e. The highest BCUT2D eigenvalue weighted by Gasteiger charge is 2.23. The molecule has 1 saturated heterocycles. The third kappa shape index (κ3) is 4.31. The van der Waals surface area contributed by atoms with Crippen molar-refractivity contribution in [2.24, 2.45) is 0 Å². The maximum atomic E-state index is 12.9. The van der Waals surface area contributed by atoms with Crippen molar-refractivity contribution in [1.82, 2.24) is 29.7 Å². The molecule has 0 saturated carbocycles. The van der Waals surface area contributed by atoms with Crippen LogP contribution in [-0.4, -0.2) is 61.8 Å². The van der Waals surface area contributed by atoms with E-state index in [0.717, 1.165) is 24.3 Å². The molecular formula is C24H24N6O2. The van der Waals surface area contributed by atoms with E-state index < -0.39 is 0 Å². The van der Waals surface area contributed by atoms with Crippen molar-refractivity contribution in [3.63, 3.8) is 0 Å². The minimum absolute atomic E-state index is 0.0520. The lowest BCUT2D eigenvalue weighted by molar-refractivity contribution is 0.0615. The number of piperazine rings is 1. The first-order chi connectivity index (χ1) is 15.7. The average molecular weight is 428 g/mol. The summed E-state index contributed by atoms with van der Waals surface area (Å²) in [7, 11) is 0. The molecule has 0 unspecified atom stereocenters. The second kappa shape index (κ2) is 8.76. The summed E-state index contributed by atoms with van der Waals surface area (Å²) in [6, 6.07) is 17.5. The van der Waals surface area contributed by atoms with Gasteiger partial charge in [0.05, 0.1) is 12.2 Å². The molecule has 0 N–H and O–H groups in total. The highest BCUT2D eigenvalue weighted by molar-refractivity contribution is 5.94. The Bertz CT molecular complexity index is 1170. The fraction of sp³-hybridized carbons (Fsp3) is 0.250. The molecule has 5 rings (SSSR count). The van der Waals surface area contributed by atoms with Gasteiger partial charge in [-0.1, -0.05) is 35.0 Å². The van der Waals surface area contributed by atoms with Gasteiger partial charge < -0.3 is 9.42 Å². The monoisotopic (exact) mass is 428 g/mol. The molecule has 1 aliphatic heterocycles. The number of carbonyl (C=O) groups excluding carboxylic acids is 1. The van der Waals surface area contributed by atoms with Crippen LogP contribution in [0, 0.1) is 6.92 Å². The molecule has 1 fully saturated rings. The van der Waals surface area contributed by atoms with E-state index in [4.69, 9.17) is 4.52 Å². The molecule has 0 radical (unpaired) electrons. The van der Waals surface area contributed by atoms with Crippen molar-refractivity contribution >= 4 is 5.91 Å². The molecule has 2 aromatic heterocycles. The molecule has 2 aromatic carbocycles. The number of hydrogen-bond donors (Lipinski definition) is 0. The maximum Gasteiger partial charge on any atom is 0.253 e. The lowest BCUT2D eigenvalue weighted by atomic mass is 10.1. The molecule has 4 aromatic rings. The number of rotatable bonds is 5. The van der Waals surface area contributed by atoms with Crippen LogP contribution in [0.5, 0.6) is 0 Å². The third-order valence-corrected chi connectivity index (χ3v) is 5.68. The van der Waals surface area contributed by atoms with Crippen molar-refractivity contribution in [3.05, 3.63) is 84.0 Å². The number of hydrogen-bond acceptors (Lipinski definition) is 6. The average Bonchev–Trinajstić information content (AvgIpc) is 3.53. The molecule has 0 atom stereocenters. The number of aryl methyl sites for hydroxylation is 1. The van der Waals surface area contributed by atoms with E-state index in [9.17, 15) is 4.79 Å². The fourth-order valence-corrected chi connectivity index (χ4v) is 3.80. The first-order valence-corrected chi connectivity index (χ1v) is 10.7. The molecule has 3 heterocycles. The number of amides is 1. The zero-order valence-corrected chi connectivity index (χ0v) is 17.9. The summed E-state index contributed by atoms with van der Waals surface area (Å²) in [5.41, 5.74) is 3.76.